The maximum Gasteiger partial charge on any atom is 0.324 e. The molecule has 1 N–H and O–H groups in total. The molecule has 3 fully saturated rings. The van der Waals surface area contributed by atoms with E-state index in [1.807, 2.05) is 11.1 Å². The number of hydrogen-bond donors (Lipinski definition) is 1. The molecule has 10 heteroatoms. The van der Waals surface area contributed by atoms with Gasteiger partial charge in [0.25, 0.3) is 0 Å². The van der Waals surface area contributed by atoms with E-state index in [0.29, 0.717) is 12.6 Å². The van der Waals surface area contributed by atoms with Gasteiger partial charge < -0.3 is 29.1 Å². The molecule has 39 heavy (non-hydrogen) atoms. The summed E-state index contributed by atoms with van der Waals surface area (Å²) < 4.78 is 12.1. The molecule has 10 nitrogen and oxygen atoms in total. The second-order valence-corrected chi connectivity index (χ2v) is 12.2. The maximum atomic E-state index is 13.1. The van der Waals surface area contributed by atoms with Gasteiger partial charge in [0.2, 0.25) is 5.91 Å². The zero-order valence-electron chi connectivity index (χ0n) is 23.3. The summed E-state index contributed by atoms with van der Waals surface area (Å²) in [6.07, 6.45) is 9.46. The molecule has 6 heterocycles. The highest BCUT2D eigenvalue weighted by molar-refractivity contribution is 5.79. The Bertz CT molecular complexity index is 1150. The predicted octanol–water partition coefficient (Wildman–Crippen LogP) is 3.40. The van der Waals surface area contributed by atoms with Crippen molar-refractivity contribution in [2.24, 2.45) is 11.8 Å². The number of aromatic nitrogens is 3. The standard InChI is InChI=1S/C29H42N6O4/c1-20(2)26-31-28(39-32-26)34-14-9-29(10-15-34)8-5-23-16-25(30-17-24(23)38-29)33-12-6-22(7-13-33)27(37)35-11-3-4-21(18-35)19-36/h16-17,20-22,36H,3-15,18-19H2,1-2H3. The first-order valence-electron chi connectivity index (χ1n) is 14.8. The van der Waals surface area contributed by atoms with Crippen LogP contribution in [0, 0.1) is 11.8 Å². The van der Waals surface area contributed by atoms with Crippen LogP contribution >= 0.6 is 0 Å². The molecule has 1 atom stereocenters. The number of hydrogen-bond acceptors (Lipinski definition) is 9. The van der Waals surface area contributed by atoms with Crippen molar-refractivity contribution in [3.63, 3.8) is 0 Å². The molecular weight excluding hydrogens is 496 g/mol. The topological polar surface area (TPSA) is 108 Å². The fourth-order valence-corrected chi connectivity index (χ4v) is 6.65. The quantitative estimate of drug-likeness (QED) is 0.613. The summed E-state index contributed by atoms with van der Waals surface area (Å²) in [5, 5.41) is 13.6. The molecule has 212 valence electrons. The van der Waals surface area contributed by atoms with Crippen LogP contribution in [0.4, 0.5) is 11.8 Å². The van der Waals surface area contributed by atoms with Gasteiger partial charge in [0.05, 0.1) is 6.20 Å². The minimum absolute atomic E-state index is 0.0782. The summed E-state index contributed by atoms with van der Waals surface area (Å²) >= 11 is 0. The Balaban J connectivity index is 1.03. The second kappa shape index (κ2) is 10.9. The number of rotatable bonds is 5. The molecule has 2 aromatic heterocycles. The highest BCUT2D eigenvalue weighted by Gasteiger charge is 2.41. The monoisotopic (exact) mass is 538 g/mol. The fourth-order valence-electron chi connectivity index (χ4n) is 6.65. The normalized spacial score (nSPS) is 23.7. The Kier molecular flexibility index (Phi) is 7.39. The summed E-state index contributed by atoms with van der Waals surface area (Å²) in [5.41, 5.74) is 1.07. The molecule has 1 spiro atoms. The maximum absolute atomic E-state index is 13.1. The number of piperidine rings is 3. The average Bonchev–Trinajstić information content (AvgIpc) is 3.48. The lowest BCUT2D eigenvalue weighted by Gasteiger charge is -2.44. The SMILES string of the molecule is CC(C)c1noc(N2CCC3(CCc4cc(N5CCC(C(=O)N6CCCC(CO)C6)CC5)ncc4O3)CC2)n1. The predicted molar refractivity (Wildman–Crippen MR) is 147 cm³/mol. The van der Waals surface area contributed by atoms with E-state index in [2.05, 4.69) is 39.9 Å². The van der Waals surface area contributed by atoms with Crippen LogP contribution in [0.3, 0.4) is 0 Å². The summed E-state index contributed by atoms with van der Waals surface area (Å²) in [5.74, 6) is 3.49. The molecule has 1 unspecified atom stereocenters. The third-order valence-electron chi connectivity index (χ3n) is 9.26. The van der Waals surface area contributed by atoms with Gasteiger partial charge in [-0.05, 0) is 56.1 Å². The van der Waals surface area contributed by atoms with Crippen molar-refractivity contribution in [1.29, 1.82) is 0 Å². The van der Waals surface area contributed by atoms with E-state index >= 15 is 0 Å². The van der Waals surface area contributed by atoms with Gasteiger partial charge in [0, 0.05) is 70.6 Å². The molecule has 3 saturated heterocycles. The molecule has 0 aromatic carbocycles. The Morgan fingerprint density at radius 1 is 1.10 bits per heavy atom. The molecule has 4 aliphatic rings. The number of aliphatic hydroxyl groups is 1. The van der Waals surface area contributed by atoms with Crippen LogP contribution in [0.5, 0.6) is 5.75 Å². The molecule has 0 aliphatic carbocycles. The minimum Gasteiger partial charge on any atom is -0.485 e. The first-order valence-corrected chi connectivity index (χ1v) is 14.8. The number of fused-ring (bicyclic) bond motifs is 1. The third-order valence-corrected chi connectivity index (χ3v) is 9.26. The number of aliphatic hydroxyl groups excluding tert-OH is 1. The molecule has 0 bridgehead atoms. The second-order valence-electron chi connectivity index (χ2n) is 12.2. The Morgan fingerprint density at radius 3 is 2.62 bits per heavy atom. The van der Waals surface area contributed by atoms with Crippen molar-refractivity contribution in [1.82, 2.24) is 20.0 Å². The van der Waals surface area contributed by atoms with E-state index in [4.69, 9.17) is 14.2 Å². The largest absolute Gasteiger partial charge is 0.485 e. The van der Waals surface area contributed by atoms with E-state index < -0.39 is 0 Å². The minimum atomic E-state index is -0.157. The van der Waals surface area contributed by atoms with E-state index in [1.54, 1.807) is 0 Å². The molecule has 0 saturated carbocycles. The van der Waals surface area contributed by atoms with E-state index in [0.717, 1.165) is 101 Å². The van der Waals surface area contributed by atoms with Crippen LogP contribution in [0.2, 0.25) is 0 Å². The highest BCUT2D eigenvalue weighted by atomic mass is 16.5. The molecule has 1 amide bonds. The number of anilines is 2. The van der Waals surface area contributed by atoms with Crippen molar-refractivity contribution in [3.8, 4) is 5.75 Å². The van der Waals surface area contributed by atoms with Crippen LogP contribution in [-0.4, -0.2) is 82.5 Å². The van der Waals surface area contributed by atoms with Crippen molar-refractivity contribution >= 4 is 17.7 Å². The smallest absolute Gasteiger partial charge is 0.324 e. The first kappa shape index (κ1) is 26.3. The number of ether oxygens (including phenoxy) is 1. The van der Waals surface area contributed by atoms with Gasteiger partial charge in [0.15, 0.2) is 5.82 Å². The third kappa shape index (κ3) is 5.44. The number of nitrogens with zero attached hydrogens (tertiary/aromatic N) is 6. The molecule has 6 rings (SSSR count). The van der Waals surface area contributed by atoms with Crippen LogP contribution in [0.25, 0.3) is 0 Å². The number of likely N-dealkylation sites (tertiary alicyclic amines) is 1. The van der Waals surface area contributed by atoms with Gasteiger partial charge in [-0.3, -0.25) is 4.79 Å². The number of carbonyl (C=O) groups is 1. The lowest BCUT2D eigenvalue weighted by molar-refractivity contribution is -0.138. The van der Waals surface area contributed by atoms with Crippen LogP contribution < -0.4 is 14.5 Å². The Hall–Kier alpha value is -2.88. The first-order chi connectivity index (χ1) is 18.9. The zero-order chi connectivity index (χ0) is 27.0. The summed E-state index contributed by atoms with van der Waals surface area (Å²) in [7, 11) is 0. The summed E-state index contributed by atoms with van der Waals surface area (Å²) in [6, 6.07) is 2.81. The van der Waals surface area contributed by atoms with Crippen molar-refractivity contribution < 1.29 is 19.2 Å². The average molecular weight is 539 g/mol. The summed E-state index contributed by atoms with van der Waals surface area (Å²) in [4.78, 5) is 28.9. The van der Waals surface area contributed by atoms with Crippen molar-refractivity contribution in [3.05, 3.63) is 23.7 Å². The number of aryl methyl sites for hydroxylation is 1. The van der Waals surface area contributed by atoms with Gasteiger partial charge in [0.1, 0.15) is 17.2 Å². The van der Waals surface area contributed by atoms with Gasteiger partial charge >= 0.3 is 6.01 Å². The lowest BCUT2D eigenvalue weighted by atomic mass is 9.83. The zero-order valence-corrected chi connectivity index (χ0v) is 23.3. The number of pyridine rings is 1. The van der Waals surface area contributed by atoms with E-state index in [1.165, 1.54) is 5.56 Å². The molecule has 4 aliphatic heterocycles. The van der Waals surface area contributed by atoms with Crippen molar-refractivity contribution in [2.45, 2.75) is 76.7 Å². The van der Waals surface area contributed by atoms with Crippen molar-refractivity contribution in [2.75, 3.05) is 55.7 Å². The Morgan fingerprint density at radius 2 is 1.90 bits per heavy atom. The van der Waals surface area contributed by atoms with E-state index in [-0.39, 0.29) is 35.9 Å². The van der Waals surface area contributed by atoms with Crippen LogP contribution in [0.1, 0.15) is 76.1 Å². The Labute approximate surface area is 230 Å². The van der Waals surface area contributed by atoms with Gasteiger partial charge in [-0.25, -0.2) is 4.98 Å². The summed E-state index contributed by atoms with van der Waals surface area (Å²) in [6.45, 7) is 9.21. The van der Waals surface area contributed by atoms with Gasteiger partial charge in [-0.2, -0.15) is 4.98 Å². The molecule has 0 radical (unpaired) electrons. The number of amides is 1. The molecular formula is C29H42N6O4. The van der Waals surface area contributed by atoms with Crippen LogP contribution in [-0.2, 0) is 11.2 Å². The van der Waals surface area contributed by atoms with Crippen LogP contribution in [0.15, 0.2) is 16.8 Å². The van der Waals surface area contributed by atoms with Gasteiger partial charge in [-0.15, -0.1) is 0 Å². The number of carbonyl (C=O) groups excluding carboxylic acids is 1. The fraction of sp³-hybridized carbons (Fsp3) is 0.724. The molecule has 2 aromatic rings. The highest BCUT2D eigenvalue weighted by Crippen LogP contribution is 2.41. The lowest BCUT2D eigenvalue weighted by Crippen LogP contribution is -2.50. The van der Waals surface area contributed by atoms with Gasteiger partial charge in [-0.1, -0.05) is 19.0 Å². The van der Waals surface area contributed by atoms with E-state index in [9.17, 15) is 9.90 Å².